The van der Waals surface area contributed by atoms with Gasteiger partial charge in [0.15, 0.2) is 11.5 Å². The molecule has 0 aliphatic carbocycles. The number of anilines is 1. The van der Waals surface area contributed by atoms with Gasteiger partial charge in [-0.05, 0) is 91.7 Å². The van der Waals surface area contributed by atoms with Crippen molar-refractivity contribution in [2.45, 2.75) is 39.1 Å². The number of nitrogens with one attached hydrogen (secondary N) is 1. The zero-order valence-corrected chi connectivity index (χ0v) is 21.0. The summed E-state index contributed by atoms with van der Waals surface area (Å²) in [5.74, 6) is 0.612. The molecule has 5 nitrogen and oxygen atoms in total. The van der Waals surface area contributed by atoms with E-state index in [0.717, 1.165) is 16.8 Å². The highest BCUT2D eigenvalue weighted by atomic mass is 127. The molecule has 0 aliphatic rings. The maximum absolute atomic E-state index is 12.8. The highest BCUT2D eigenvalue weighted by Gasteiger charge is 2.22. The Bertz CT molecular complexity index is 1170. The molecule has 3 aromatic carbocycles. The first kappa shape index (κ1) is 23.4. The number of hydrogen-bond donors (Lipinski definition) is 1. The highest BCUT2D eigenvalue weighted by Crippen LogP contribution is 2.36. The molecular formula is C24H26INO4S. The molecule has 0 aromatic heterocycles. The van der Waals surface area contributed by atoms with E-state index in [-0.39, 0.29) is 10.6 Å². The van der Waals surface area contributed by atoms with E-state index in [0.29, 0.717) is 22.5 Å². The van der Waals surface area contributed by atoms with Gasteiger partial charge in [0.2, 0.25) is 0 Å². The standard InChI is InChI=1S/C24H26INO4S/c1-5-29-23-14-19(15-26-22-11-8-17(3)12-18(22)4)13-21(25)24(23)30-31(27,28)20-9-6-16(2)7-10-20/h6-14,26H,5,15H2,1-4H3. The summed E-state index contributed by atoms with van der Waals surface area (Å²) in [7, 11) is -3.97. The first-order valence-corrected chi connectivity index (χ1v) is 12.5. The molecular weight excluding hydrogens is 525 g/mol. The molecule has 0 atom stereocenters. The molecule has 0 bridgehead atoms. The van der Waals surface area contributed by atoms with Crippen LogP contribution in [0.25, 0.3) is 0 Å². The first-order chi connectivity index (χ1) is 14.7. The lowest BCUT2D eigenvalue weighted by molar-refractivity contribution is 0.326. The largest absolute Gasteiger partial charge is 0.490 e. The summed E-state index contributed by atoms with van der Waals surface area (Å²) in [6.07, 6.45) is 0. The van der Waals surface area contributed by atoms with Crippen LogP contribution < -0.4 is 14.2 Å². The van der Waals surface area contributed by atoms with Crippen molar-refractivity contribution in [1.29, 1.82) is 0 Å². The van der Waals surface area contributed by atoms with Gasteiger partial charge in [-0.3, -0.25) is 0 Å². The molecule has 0 unspecified atom stereocenters. The Labute approximate surface area is 198 Å². The Morgan fingerprint density at radius 1 is 0.935 bits per heavy atom. The van der Waals surface area contributed by atoms with Gasteiger partial charge < -0.3 is 14.2 Å². The Balaban J connectivity index is 1.87. The monoisotopic (exact) mass is 551 g/mol. The molecule has 0 aliphatic heterocycles. The van der Waals surface area contributed by atoms with E-state index >= 15 is 0 Å². The molecule has 31 heavy (non-hydrogen) atoms. The zero-order valence-electron chi connectivity index (χ0n) is 18.0. The van der Waals surface area contributed by atoms with E-state index in [1.165, 1.54) is 11.1 Å². The van der Waals surface area contributed by atoms with E-state index in [9.17, 15) is 8.42 Å². The maximum Gasteiger partial charge on any atom is 0.339 e. The summed E-state index contributed by atoms with van der Waals surface area (Å²) in [6, 6.07) is 16.5. The second-order valence-corrected chi connectivity index (χ2v) is 10.1. The topological polar surface area (TPSA) is 64.6 Å². The molecule has 0 spiro atoms. The molecule has 1 N–H and O–H groups in total. The number of hydrogen-bond acceptors (Lipinski definition) is 5. The number of halogens is 1. The van der Waals surface area contributed by atoms with Crippen LogP contribution in [0, 0.1) is 24.3 Å². The van der Waals surface area contributed by atoms with Crippen LogP contribution >= 0.6 is 22.6 Å². The average molecular weight is 551 g/mol. The summed E-state index contributed by atoms with van der Waals surface area (Å²) >= 11 is 2.08. The van der Waals surface area contributed by atoms with Gasteiger partial charge in [-0.25, -0.2) is 0 Å². The molecule has 7 heteroatoms. The van der Waals surface area contributed by atoms with Crippen LogP contribution in [0.3, 0.4) is 0 Å². The normalized spacial score (nSPS) is 11.3. The van der Waals surface area contributed by atoms with Crippen LogP contribution in [0.2, 0.25) is 0 Å². The van der Waals surface area contributed by atoms with Crippen molar-refractivity contribution in [3.05, 3.63) is 80.4 Å². The highest BCUT2D eigenvalue weighted by molar-refractivity contribution is 14.1. The zero-order chi connectivity index (χ0) is 22.6. The number of aryl methyl sites for hydroxylation is 3. The van der Waals surface area contributed by atoms with Crippen LogP contribution in [-0.4, -0.2) is 15.0 Å². The third-order valence-corrected chi connectivity index (χ3v) is 6.77. The molecule has 3 aromatic rings. The Morgan fingerprint density at radius 3 is 2.26 bits per heavy atom. The van der Waals surface area contributed by atoms with E-state index in [2.05, 4.69) is 60.0 Å². The summed E-state index contributed by atoms with van der Waals surface area (Å²) in [5.41, 5.74) is 5.38. The Hall–Kier alpha value is -2.26. The van der Waals surface area contributed by atoms with Gasteiger partial charge in [-0.1, -0.05) is 35.4 Å². The summed E-state index contributed by atoms with van der Waals surface area (Å²) in [5, 5.41) is 3.43. The van der Waals surface area contributed by atoms with Crippen molar-refractivity contribution in [3.63, 3.8) is 0 Å². The average Bonchev–Trinajstić information content (AvgIpc) is 2.70. The van der Waals surface area contributed by atoms with E-state index < -0.39 is 10.1 Å². The molecule has 164 valence electrons. The van der Waals surface area contributed by atoms with Crippen LogP contribution in [0.15, 0.2) is 59.5 Å². The molecule has 0 radical (unpaired) electrons. The minimum Gasteiger partial charge on any atom is -0.490 e. The lowest BCUT2D eigenvalue weighted by Gasteiger charge is -2.16. The van der Waals surface area contributed by atoms with Crippen LogP contribution in [0.5, 0.6) is 11.5 Å². The summed E-state index contributed by atoms with van der Waals surface area (Å²) < 4.78 is 37.5. The lowest BCUT2D eigenvalue weighted by atomic mass is 10.1. The number of benzene rings is 3. The first-order valence-electron chi connectivity index (χ1n) is 9.97. The van der Waals surface area contributed by atoms with Gasteiger partial charge in [0.1, 0.15) is 4.90 Å². The Kier molecular flexibility index (Phi) is 7.48. The third-order valence-electron chi connectivity index (χ3n) is 4.74. The number of rotatable bonds is 8. The van der Waals surface area contributed by atoms with E-state index in [1.54, 1.807) is 24.3 Å². The molecule has 0 saturated heterocycles. The van der Waals surface area contributed by atoms with Crippen molar-refractivity contribution >= 4 is 38.4 Å². The SMILES string of the molecule is CCOc1cc(CNc2ccc(C)cc2C)cc(I)c1OS(=O)(=O)c1ccc(C)cc1. The van der Waals surface area contributed by atoms with Crippen molar-refractivity contribution in [2.24, 2.45) is 0 Å². The minimum atomic E-state index is -3.97. The van der Waals surface area contributed by atoms with E-state index in [1.807, 2.05) is 26.0 Å². The van der Waals surface area contributed by atoms with Crippen LogP contribution in [0.4, 0.5) is 5.69 Å². The van der Waals surface area contributed by atoms with Crippen molar-refractivity contribution in [2.75, 3.05) is 11.9 Å². The predicted molar refractivity (Wildman–Crippen MR) is 133 cm³/mol. The fraction of sp³-hybridized carbons (Fsp3) is 0.250. The number of ether oxygens (including phenoxy) is 1. The van der Waals surface area contributed by atoms with Gasteiger partial charge in [0.05, 0.1) is 10.2 Å². The van der Waals surface area contributed by atoms with E-state index in [4.69, 9.17) is 8.92 Å². The molecule has 0 heterocycles. The smallest absolute Gasteiger partial charge is 0.339 e. The van der Waals surface area contributed by atoms with Crippen molar-refractivity contribution in [1.82, 2.24) is 0 Å². The van der Waals surface area contributed by atoms with Gasteiger partial charge in [0.25, 0.3) is 0 Å². The van der Waals surface area contributed by atoms with Gasteiger partial charge >= 0.3 is 10.1 Å². The third kappa shape index (κ3) is 5.92. The van der Waals surface area contributed by atoms with Gasteiger partial charge in [-0.15, -0.1) is 0 Å². The van der Waals surface area contributed by atoms with Crippen LogP contribution in [0.1, 0.15) is 29.2 Å². The van der Waals surface area contributed by atoms with Crippen molar-refractivity contribution < 1.29 is 17.3 Å². The predicted octanol–water partition coefficient (Wildman–Crippen LogP) is 5.99. The quantitative estimate of drug-likeness (QED) is 0.275. The summed E-state index contributed by atoms with van der Waals surface area (Å²) in [6.45, 7) is 8.86. The summed E-state index contributed by atoms with van der Waals surface area (Å²) in [4.78, 5) is 0.108. The minimum absolute atomic E-state index is 0.108. The second kappa shape index (κ2) is 9.91. The van der Waals surface area contributed by atoms with Crippen LogP contribution in [-0.2, 0) is 16.7 Å². The fourth-order valence-corrected chi connectivity index (χ4v) is 5.02. The lowest BCUT2D eigenvalue weighted by Crippen LogP contribution is -2.12. The molecule has 0 saturated carbocycles. The van der Waals surface area contributed by atoms with Crippen molar-refractivity contribution in [3.8, 4) is 11.5 Å². The molecule has 0 amide bonds. The Morgan fingerprint density at radius 2 is 1.61 bits per heavy atom. The second-order valence-electron chi connectivity index (χ2n) is 7.36. The molecule has 0 fully saturated rings. The fourth-order valence-electron chi connectivity index (χ4n) is 3.14. The molecule has 3 rings (SSSR count). The van der Waals surface area contributed by atoms with Gasteiger partial charge in [0, 0.05) is 12.2 Å². The van der Waals surface area contributed by atoms with Gasteiger partial charge in [-0.2, -0.15) is 8.42 Å². The maximum atomic E-state index is 12.8.